The van der Waals surface area contributed by atoms with Gasteiger partial charge in [-0.3, -0.25) is 0 Å². The minimum Gasteiger partial charge on any atom is -0.465 e. The van der Waals surface area contributed by atoms with Crippen LogP contribution >= 0.6 is 0 Å². The molecule has 0 amide bonds. The topological polar surface area (TPSA) is 38.3 Å². The molecule has 1 N–H and O–H groups in total. The van der Waals surface area contributed by atoms with Crippen LogP contribution in [-0.2, 0) is 11.3 Å². The van der Waals surface area contributed by atoms with Crippen LogP contribution in [0.4, 0.5) is 18.9 Å². The highest BCUT2D eigenvalue weighted by atomic mass is 19.2. The average Bonchev–Trinajstić information content (AvgIpc) is 2.49. The van der Waals surface area contributed by atoms with Gasteiger partial charge in [-0.2, -0.15) is 0 Å². The molecule has 0 fully saturated rings. The normalized spacial score (nSPS) is 10.3. The lowest BCUT2D eigenvalue weighted by molar-refractivity contribution is 0.0595. The van der Waals surface area contributed by atoms with Gasteiger partial charge >= 0.3 is 5.97 Å². The molecule has 0 saturated carbocycles. The Morgan fingerprint density at radius 2 is 1.76 bits per heavy atom. The number of carbonyl (C=O) groups is 1. The number of hydrogen-bond acceptors (Lipinski definition) is 3. The molecular weight excluding hydrogens is 283 g/mol. The second-order valence-corrected chi connectivity index (χ2v) is 4.29. The Bertz CT molecular complexity index is 674. The SMILES string of the molecule is COC(=O)c1cc(NCc2ccc(F)c(F)c2)ccc1F. The van der Waals surface area contributed by atoms with Crippen LogP contribution in [-0.4, -0.2) is 13.1 Å². The fourth-order valence-electron chi connectivity index (χ4n) is 1.76. The second kappa shape index (κ2) is 6.30. The number of ether oxygens (including phenoxy) is 1. The van der Waals surface area contributed by atoms with E-state index >= 15 is 0 Å². The maximum atomic E-state index is 13.4. The number of esters is 1. The lowest BCUT2D eigenvalue weighted by Gasteiger charge is -2.09. The van der Waals surface area contributed by atoms with Crippen molar-refractivity contribution in [3.63, 3.8) is 0 Å². The number of hydrogen-bond donors (Lipinski definition) is 1. The summed E-state index contributed by atoms with van der Waals surface area (Å²) in [7, 11) is 1.16. The van der Waals surface area contributed by atoms with Crippen molar-refractivity contribution in [2.45, 2.75) is 6.54 Å². The lowest BCUT2D eigenvalue weighted by Crippen LogP contribution is -2.06. The quantitative estimate of drug-likeness (QED) is 0.877. The Morgan fingerprint density at radius 3 is 2.43 bits per heavy atom. The van der Waals surface area contributed by atoms with Crippen LogP contribution in [0.3, 0.4) is 0 Å². The smallest absolute Gasteiger partial charge is 0.340 e. The van der Waals surface area contributed by atoms with Crippen molar-refractivity contribution in [1.29, 1.82) is 0 Å². The Balaban J connectivity index is 2.13. The van der Waals surface area contributed by atoms with E-state index in [9.17, 15) is 18.0 Å². The third kappa shape index (κ3) is 3.53. The molecule has 110 valence electrons. The first-order valence-corrected chi connectivity index (χ1v) is 6.07. The van der Waals surface area contributed by atoms with E-state index in [1.54, 1.807) is 0 Å². The summed E-state index contributed by atoms with van der Waals surface area (Å²) in [5, 5.41) is 2.89. The molecule has 0 aliphatic heterocycles. The minimum absolute atomic E-state index is 0.198. The molecule has 0 aliphatic rings. The van der Waals surface area contributed by atoms with Crippen molar-refractivity contribution in [3.05, 3.63) is 65.0 Å². The summed E-state index contributed by atoms with van der Waals surface area (Å²) in [6.07, 6.45) is 0. The summed E-state index contributed by atoms with van der Waals surface area (Å²) >= 11 is 0. The molecular formula is C15H12F3NO2. The molecule has 0 saturated heterocycles. The molecule has 0 radical (unpaired) electrons. The molecule has 2 aromatic rings. The second-order valence-electron chi connectivity index (χ2n) is 4.29. The predicted molar refractivity (Wildman–Crippen MR) is 71.4 cm³/mol. The number of carbonyl (C=O) groups excluding carboxylic acids is 1. The predicted octanol–water partition coefficient (Wildman–Crippen LogP) is 3.50. The molecule has 3 nitrogen and oxygen atoms in total. The van der Waals surface area contributed by atoms with Gasteiger partial charge in [-0.05, 0) is 35.9 Å². The number of benzene rings is 2. The molecule has 2 rings (SSSR count). The van der Waals surface area contributed by atoms with Crippen LogP contribution in [0, 0.1) is 17.5 Å². The molecule has 6 heteroatoms. The van der Waals surface area contributed by atoms with Gasteiger partial charge in [0.1, 0.15) is 5.82 Å². The highest BCUT2D eigenvalue weighted by Gasteiger charge is 2.12. The third-order valence-electron chi connectivity index (χ3n) is 2.85. The average molecular weight is 295 g/mol. The van der Waals surface area contributed by atoms with Gasteiger partial charge in [0.25, 0.3) is 0 Å². The molecule has 0 unspecified atom stereocenters. The standard InChI is InChI=1S/C15H12F3NO2/c1-21-15(20)11-7-10(3-5-12(11)16)19-8-9-2-4-13(17)14(18)6-9/h2-7,19H,8H2,1H3. The van der Waals surface area contributed by atoms with E-state index in [-0.39, 0.29) is 12.1 Å². The minimum atomic E-state index is -0.941. The zero-order valence-electron chi connectivity index (χ0n) is 11.1. The van der Waals surface area contributed by atoms with Gasteiger partial charge in [0.2, 0.25) is 0 Å². The van der Waals surface area contributed by atoms with Crippen LogP contribution in [0.2, 0.25) is 0 Å². The Hall–Kier alpha value is -2.50. The van der Waals surface area contributed by atoms with Crippen molar-refractivity contribution in [1.82, 2.24) is 0 Å². The third-order valence-corrected chi connectivity index (χ3v) is 2.85. The van der Waals surface area contributed by atoms with Crippen LogP contribution in [0.1, 0.15) is 15.9 Å². The summed E-state index contributed by atoms with van der Waals surface area (Å²) in [6, 6.07) is 7.36. The first-order valence-electron chi connectivity index (χ1n) is 6.07. The molecule has 0 heterocycles. The fraction of sp³-hybridized carbons (Fsp3) is 0.133. The van der Waals surface area contributed by atoms with E-state index in [0.29, 0.717) is 11.3 Å². The number of nitrogens with one attached hydrogen (secondary N) is 1. The van der Waals surface area contributed by atoms with Crippen molar-refractivity contribution in [2.24, 2.45) is 0 Å². The van der Waals surface area contributed by atoms with Crippen LogP contribution in [0.25, 0.3) is 0 Å². The van der Waals surface area contributed by atoms with E-state index in [0.717, 1.165) is 25.3 Å². The summed E-state index contributed by atoms with van der Waals surface area (Å²) < 4.78 is 43.8. The molecule has 21 heavy (non-hydrogen) atoms. The van der Waals surface area contributed by atoms with Gasteiger partial charge in [0.05, 0.1) is 12.7 Å². The van der Waals surface area contributed by atoms with E-state index < -0.39 is 23.4 Å². The van der Waals surface area contributed by atoms with Gasteiger partial charge in [-0.15, -0.1) is 0 Å². The van der Waals surface area contributed by atoms with Crippen LogP contribution in [0.5, 0.6) is 0 Å². The fourth-order valence-corrected chi connectivity index (χ4v) is 1.76. The van der Waals surface area contributed by atoms with Gasteiger partial charge in [0, 0.05) is 12.2 Å². The molecule has 0 spiro atoms. The molecule has 0 aliphatic carbocycles. The number of rotatable bonds is 4. The Kier molecular flexibility index (Phi) is 4.47. The van der Waals surface area contributed by atoms with E-state index in [1.165, 1.54) is 18.2 Å². The zero-order valence-corrected chi connectivity index (χ0v) is 11.1. The summed E-state index contributed by atoms with van der Waals surface area (Å²) in [5.74, 6) is -3.35. The van der Waals surface area contributed by atoms with Gasteiger partial charge in [-0.25, -0.2) is 18.0 Å². The first-order chi connectivity index (χ1) is 10.0. The zero-order chi connectivity index (χ0) is 15.4. The van der Waals surface area contributed by atoms with E-state index in [4.69, 9.17) is 0 Å². The Morgan fingerprint density at radius 1 is 1.05 bits per heavy atom. The lowest BCUT2D eigenvalue weighted by atomic mass is 10.1. The number of halogens is 3. The van der Waals surface area contributed by atoms with Crippen LogP contribution in [0.15, 0.2) is 36.4 Å². The molecule has 0 atom stereocenters. The highest BCUT2D eigenvalue weighted by Crippen LogP contribution is 2.17. The maximum absolute atomic E-state index is 13.4. The van der Waals surface area contributed by atoms with Crippen molar-refractivity contribution in [3.8, 4) is 0 Å². The molecule has 2 aromatic carbocycles. The monoisotopic (exact) mass is 295 g/mol. The highest BCUT2D eigenvalue weighted by molar-refractivity contribution is 5.90. The largest absolute Gasteiger partial charge is 0.465 e. The molecule has 0 aromatic heterocycles. The van der Waals surface area contributed by atoms with Crippen molar-refractivity contribution in [2.75, 3.05) is 12.4 Å². The Labute approximate surface area is 119 Å². The van der Waals surface area contributed by atoms with Gasteiger partial charge in [0.15, 0.2) is 11.6 Å². The first kappa shape index (κ1) is 14.9. The maximum Gasteiger partial charge on any atom is 0.340 e. The van der Waals surface area contributed by atoms with E-state index in [2.05, 4.69) is 10.1 Å². The number of anilines is 1. The summed E-state index contributed by atoms with van der Waals surface area (Å²) in [5.41, 5.74) is 0.771. The van der Waals surface area contributed by atoms with Gasteiger partial charge < -0.3 is 10.1 Å². The van der Waals surface area contributed by atoms with Crippen molar-refractivity contribution >= 4 is 11.7 Å². The van der Waals surface area contributed by atoms with E-state index in [1.807, 2.05) is 0 Å². The van der Waals surface area contributed by atoms with Crippen molar-refractivity contribution < 1.29 is 22.7 Å². The number of methoxy groups -OCH3 is 1. The molecule has 0 bridgehead atoms. The van der Waals surface area contributed by atoms with Gasteiger partial charge in [-0.1, -0.05) is 6.07 Å². The van der Waals surface area contributed by atoms with Crippen LogP contribution < -0.4 is 5.32 Å². The summed E-state index contributed by atoms with van der Waals surface area (Å²) in [4.78, 5) is 11.4. The summed E-state index contributed by atoms with van der Waals surface area (Å²) in [6.45, 7) is 0.198.